The van der Waals surface area contributed by atoms with Gasteiger partial charge in [0.2, 0.25) is 0 Å². The summed E-state index contributed by atoms with van der Waals surface area (Å²) < 4.78 is 0. The Morgan fingerprint density at radius 2 is 2.33 bits per heavy atom. The molecule has 1 saturated carbocycles. The van der Waals surface area contributed by atoms with E-state index >= 15 is 0 Å². The molecule has 1 unspecified atom stereocenters. The second-order valence-corrected chi connectivity index (χ2v) is 4.22. The van der Waals surface area contributed by atoms with Crippen LogP contribution < -0.4 is 5.32 Å². The molecule has 1 aliphatic carbocycles. The molecule has 1 amide bonds. The maximum atomic E-state index is 10.8. The lowest BCUT2D eigenvalue weighted by Gasteiger charge is -2.16. The molecule has 0 aromatic rings. The zero-order valence-electron chi connectivity index (χ0n) is 7.68. The van der Waals surface area contributed by atoms with E-state index in [1.54, 1.807) is 0 Å². The van der Waals surface area contributed by atoms with Gasteiger partial charge in [-0.2, -0.15) is 0 Å². The molecule has 0 heterocycles. The van der Waals surface area contributed by atoms with Crippen LogP contribution in [0.15, 0.2) is 0 Å². The van der Waals surface area contributed by atoms with Crippen LogP contribution in [0.25, 0.3) is 0 Å². The predicted molar refractivity (Wildman–Crippen MR) is 48.4 cm³/mol. The minimum absolute atomic E-state index is 0.280. The fourth-order valence-electron chi connectivity index (χ4n) is 1.79. The standard InChI is InChI=1S/C10H15NO/c1-4-9(12)11-8-5-6-10(2,3)7-8/h1,8H,5-7H2,2-3H3,(H,11,12). The summed E-state index contributed by atoms with van der Waals surface area (Å²) in [5.41, 5.74) is 0.368. The number of carbonyl (C=O) groups excluding carboxylic acids is 1. The first-order valence-corrected chi connectivity index (χ1v) is 4.31. The van der Waals surface area contributed by atoms with E-state index in [0.717, 1.165) is 12.8 Å². The molecule has 2 nitrogen and oxygen atoms in total. The van der Waals surface area contributed by atoms with Gasteiger partial charge in [0.05, 0.1) is 0 Å². The van der Waals surface area contributed by atoms with E-state index in [2.05, 4.69) is 25.1 Å². The normalized spacial score (nSPS) is 26.2. The molecule has 0 aliphatic heterocycles. The maximum absolute atomic E-state index is 10.8. The fourth-order valence-corrected chi connectivity index (χ4v) is 1.79. The summed E-state index contributed by atoms with van der Waals surface area (Å²) in [6.07, 6.45) is 8.22. The molecule has 12 heavy (non-hydrogen) atoms. The van der Waals surface area contributed by atoms with Crippen molar-refractivity contribution in [3.63, 3.8) is 0 Å². The molecular weight excluding hydrogens is 150 g/mol. The van der Waals surface area contributed by atoms with Gasteiger partial charge >= 0.3 is 0 Å². The maximum Gasteiger partial charge on any atom is 0.295 e. The highest BCUT2D eigenvalue weighted by Gasteiger charge is 2.31. The molecule has 0 bridgehead atoms. The van der Waals surface area contributed by atoms with Crippen LogP contribution in [0, 0.1) is 17.8 Å². The van der Waals surface area contributed by atoms with Gasteiger partial charge in [-0.3, -0.25) is 4.79 Å². The minimum atomic E-state index is -0.280. The number of hydrogen-bond acceptors (Lipinski definition) is 1. The molecule has 0 aromatic carbocycles. The lowest BCUT2D eigenvalue weighted by Crippen LogP contribution is -2.32. The lowest BCUT2D eigenvalue weighted by atomic mass is 9.92. The Kier molecular flexibility index (Phi) is 2.42. The molecule has 1 aliphatic rings. The van der Waals surface area contributed by atoms with Gasteiger partial charge in [-0.15, -0.1) is 6.42 Å². The topological polar surface area (TPSA) is 29.1 Å². The van der Waals surface area contributed by atoms with Crippen LogP contribution in [0.5, 0.6) is 0 Å². The molecule has 0 aromatic heterocycles. The summed E-state index contributed by atoms with van der Waals surface area (Å²) >= 11 is 0. The van der Waals surface area contributed by atoms with Crippen LogP contribution >= 0.6 is 0 Å². The van der Waals surface area contributed by atoms with Crippen molar-refractivity contribution in [1.82, 2.24) is 5.32 Å². The monoisotopic (exact) mass is 165 g/mol. The highest BCUT2D eigenvalue weighted by Crippen LogP contribution is 2.36. The van der Waals surface area contributed by atoms with E-state index in [9.17, 15) is 4.79 Å². The molecule has 0 spiro atoms. The van der Waals surface area contributed by atoms with Crippen LogP contribution in [-0.2, 0) is 4.79 Å². The van der Waals surface area contributed by atoms with Crippen molar-refractivity contribution in [3.8, 4) is 12.3 Å². The van der Waals surface area contributed by atoms with Crippen molar-refractivity contribution in [2.24, 2.45) is 5.41 Å². The van der Waals surface area contributed by atoms with Crippen molar-refractivity contribution in [2.75, 3.05) is 0 Å². The number of hydrogen-bond donors (Lipinski definition) is 1. The highest BCUT2D eigenvalue weighted by molar-refractivity contribution is 5.93. The van der Waals surface area contributed by atoms with Crippen LogP contribution in [0.1, 0.15) is 33.1 Å². The van der Waals surface area contributed by atoms with E-state index in [4.69, 9.17) is 6.42 Å². The van der Waals surface area contributed by atoms with E-state index in [-0.39, 0.29) is 5.91 Å². The minimum Gasteiger partial charge on any atom is -0.343 e. The first-order chi connectivity index (χ1) is 5.53. The second-order valence-electron chi connectivity index (χ2n) is 4.22. The predicted octanol–water partition coefficient (Wildman–Crippen LogP) is 1.31. The molecule has 0 radical (unpaired) electrons. The highest BCUT2D eigenvalue weighted by atomic mass is 16.1. The first-order valence-electron chi connectivity index (χ1n) is 4.31. The van der Waals surface area contributed by atoms with Crippen molar-refractivity contribution in [3.05, 3.63) is 0 Å². The number of rotatable bonds is 1. The van der Waals surface area contributed by atoms with Crippen molar-refractivity contribution < 1.29 is 4.79 Å². The fraction of sp³-hybridized carbons (Fsp3) is 0.700. The Morgan fingerprint density at radius 1 is 1.67 bits per heavy atom. The Morgan fingerprint density at radius 3 is 2.75 bits per heavy atom. The van der Waals surface area contributed by atoms with Gasteiger partial charge in [-0.05, 0) is 30.6 Å². The number of terminal acetylenes is 1. The van der Waals surface area contributed by atoms with Gasteiger partial charge in [0.1, 0.15) is 0 Å². The van der Waals surface area contributed by atoms with Crippen LogP contribution in [0.2, 0.25) is 0 Å². The SMILES string of the molecule is C#CC(=O)NC1CCC(C)(C)C1. The van der Waals surface area contributed by atoms with E-state index in [0.29, 0.717) is 11.5 Å². The molecule has 1 N–H and O–H groups in total. The largest absolute Gasteiger partial charge is 0.343 e. The van der Waals surface area contributed by atoms with Crippen molar-refractivity contribution in [2.45, 2.75) is 39.2 Å². The quantitative estimate of drug-likeness (QED) is 0.583. The van der Waals surface area contributed by atoms with Gasteiger partial charge in [-0.25, -0.2) is 0 Å². The summed E-state index contributed by atoms with van der Waals surface area (Å²) in [5.74, 6) is 1.79. The third kappa shape index (κ3) is 2.27. The molecular formula is C10H15NO. The second kappa shape index (κ2) is 3.18. The number of nitrogens with one attached hydrogen (secondary N) is 1. The first kappa shape index (κ1) is 9.12. The molecule has 0 saturated heterocycles. The molecule has 1 atom stereocenters. The molecule has 66 valence electrons. The average molecular weight is 165 g/mol. The third-order valence-corrected chi connectivity index (χ3v) is 2.43. The van der Waals surface area contributed by atoms with Crippen LogP contribution in [0.3, 0.4) is 0 Å². The van der Waals surface area contributed by atoms with Crippen LogP contribution in [-0.4, -0.2) is 11.9 Å². The summed E-state index contributed by atoms with van der Waals surface area (Å²) in [6, 6.07) is 0.295. The Balaban J connectivity index is 2.39. The van der Waals surface area contributed by atoms with Crippen molar-refractivity contribution >= 4 is 5.91 Å². The third-order valence-electron chi connectivity index (χ3n) is 2.43. The lowest BCUT2D eigenvalue weighted by molar-refractivity contribution is -0.116. The number of amides is 1. The van der Waals surface area contributed by atoms with E-state index in [1.807, 2.05) is 0 Å². The Bertz CT molecular complexity index is 224. The van der Waals surface area contributed by atoms with Gasteiger partial charge in [-0.1, -0.05) is 13.8 Å². The zero-order chi connectivity index (χ0) is 9.19. The van der Waals surface area contributed by atoms with Gasteiger partial charge in [0.25, 0.3) is 5.91 Å². The van der Waals surface area contributed by atoms with E-state index in [1.165, 1.54) is 6.42 Å². The van der Waals surface area contributed by atoms with Crippen LogP contribution in [0.4, 0.5) is 0 Å². The van der Waals surface area contributed by atoms with Gasteiger partial charge in [0.15, 0.2) is 0 Å². The summed E-state index contributed by atoms with van der Waals surface area (Å²) in [4.78, 5) is 10.8. The smallest absolute Gasteiger partial charge is 0.295 e. The molecule has 1 rings (SSSR count). The number of carbonyl (C=O) groups is 1. The zero-order valence-corrected chi connectivity index (χ0v) is 7.68. The average Bonchev–Trinajstić information content (AvgIpc) is 2.30. The van der Waals surface area contributed by atoms with Gasteiger partial charge in [0, 0.05) is 6.04 Å². The molecule has 1 fully saturated rings. The Hall–Kier alpha value is -0.970. The molecule has 2 heteroatoms. The summed E-state index contributed by atoms with van der Waals surface area (Å²) in [5, 5.41) is 2.81. The summed E-state index contributed by atoms with van der Waals surface area (Å²) in [6.45, 7) is 4.43. The summed E-state index contributed by atoms with van der Waals surface area (Å²) in [7, 11) is 0. The van der Waals surface area contributed by atoms with Crippen molar-refractivity contribution in [1.29, 1.82) is 0 Å². The van der Waals surface area contributed by atoms with Gasteiger partial charge < -0.3 is 5.32 Å². The Labute approximate surface area is 73.7 Å². The van der Waals surface area contributed by atoms with E-state index < -0.39 is 0 Å².